The summed E-state index contributed by atoms with van der Waals surface area (Å²) in [5, 5.41) is 0. The predicted molar refractivity (Wildman–Crippen MR) is 56.9 cm³/mol. The van der Waals surface area contributed by atoms with Gasteiger partial charge in [-0.3, -0.25) is 9.13 Å². The summed E-state index contributed by atoms with van der Waals surface area (Å²) < 4.78 is 8.34. The van der Waals surface area contributed by atoms with Crippen molar-refractivity contribution in [3.8, 4) is 0 Å². The zero-order valence-corrected chi connectivity index (χ0v) is 8.88. The smallest absolute Gasteiger partial charge is 0.328 e. The number of nitrogens with zero attached hydrogens (tertiary/aromatic N) is 2. The summed E-state index contributed by atoms with van der Waals surface area (Å²) in [6.45, 7) is 4.54. The monoisotopic (exact) mass is 206 g/mol. The van der Waals surface area contributed by atoms with Crippen LogP contribution in [-0.2, 0) is 6.54 Å². The second-order valence-corrected chi connectivity index (χ2v) is 3.84. The van der Waals surface area contributed by atoms with Crippen LogP contribution < -0.4 is 5.69 Å². The van der Waals surface area contributed by atoms with Gasteiger partial charge < -0.3 is 4.42 Å². The summed E-state index contributed by atoms with van der Waals surface area (Å²) in [5.41, 5.74) is 1.02. The van der Waals surface area contributed by atoms with E-state index in [9.17, 15) is 4.79 Å². The van der Waals surface area contributed by atoms with Crippen LogP contribution in [0.25, 0.3) is 0 Å². The van der Waals surface area contributed by atoms with Gasteiger partial charge in [-0.25, -0.2) is 4.79 Å². The van der Waals surface area contributed by atoms with Gasteiger partial charge in [0.2, 0.25) is 0 Å². The van der Waals surface area contributed by atoms with E-state index in [4.69, 9.17) is 4.42 Å². The van der Waals surface area contributed by atoms with Crippen molar-refractivity contribution in [2.75, 3.05) is 0 Å². The molecule has 0 unspecified atom stereocenters. The first-order valence-electron chi connectivity index (χ1n) is 4.97. The molecule has 0 atom stereocenters. The Balaban J connectivity index is 2.27. The van der Waals surface area contributed by atoms with E-state index < -0.39 is 0 Å². The van der Waals surface area contributed by atoms with Gasteiger partial charge in [-0.05, 0) is 19.9 Å². The molecular weight excluding hydrogens is 192 g/mol. The highest BCUT2D eigenvalue weighted by molar-refractivity contribution is 5.06. The summed E-state index contributed by atoms with van der Waals surface area (Å²) in [5.74, 6) is 0. The fourth-order valence-electron chi connectivity index (χ4n) is 1.52. The van der Waals surface area contributed by atoms with Crippen molar-refractivity contribution in [3.63, 3.8) is 0 Å². The predicted octanol–water partition coefficient (Wildman–Crippen LogP) is 1.87. The van der Waals surface area contributed by atoms with E-state index in [2.05, 4.69) is 0 Å². The molecule has 0 bridgehead atoms. The van der Waals surface area contributed by atoms with Gasteiger partial charge in [-0.1, -0.05) is 0 Å². The number of furan rings is 1. The molecule has 0 aliphatic heterocycles. The van der Waals surface area contributed by atoms with Crippen LogP contribution in [0.2, 0.25) is 0 Å². The summed E-state index contributed by atoms with van der Waals surface area (Å²) in [7, 11) is 0. The van der Waals surface area contributed by atoms with Gasteiger partial charge in [0.05, 0.1) is 19.1 Å². The van der Waals surface area contributed by atoms with E-state index in [-0.39, 0.29) is 11.7 Å². The normalized spacial score (nSPS) is 11.1. The molecule has 2 heterocycles. The maximum atomic E-state index is 11.8. The average molecular weight is 206 g/mol. The number of hydrogen-bond acceptors (Lipinski definition) is 2. The Morgan fingerprint density at radius 3 is 2.73 bits per heavy atom. The minimum atomic E-state index is 0.0196. The highest BCUT2D eigenvalue weighted by Crippen LogP contribution is 2.03. The molecule has 80 valence electrons. The van der Waals surface area contributed by atoms with Gasteiger partial charge in [0, 0.05) is 24.0 Å². The molecule has 4 heteroatoms. The Bertz CT molecular complexity index is 477. The van der Waals surface area contributed by atoms with E-state index in [1.807, 2.05) is 26.1 Å². The fraction of sp³-hybridized carbons (Fsp3) is 0.364. The Hall–Kier alpha value is -1.71. The molecule has 2 rings (SSSR count). The molecule has 0 aliphatic carbocycles. The van der Waals surface area contributed by atoms with Crippen LogP contribution in [0.3, 0.4) is 0 Å². The van der Waals surface area contributed by atoms with Crippen LogP contribution in [0.15, 0.2) is 40.2 Å². The zero-order chi connectivity index (χ0) is 10.8. The van der Waals surface area contributed by atoms with Crippen LogP contribution in [0.1, 0.15) is 25.5 Å². The molecule has 0 saturated heterocycles. The fourth-order valence-corrected chi connectivity index (χ4v) is 1.52. The van der Waals surface area contributed by atoms with E-state index >= 15 is 0 Å². The molecule has 0 saturated carbocycles. The SMILES string of the molecule is CC(C)n1ccn(Cc2ccoc2)c1=O. The van der Waals surface area contributed by atoms with Gasteiger partial charge in [0.1, 0.15) is 0 Å². The van der Waals surface area contributed by atoms with Crippen molar-refractivity contribution in [1.82, 2.24) is 9.13 Å². The molecular formula is C11H14N2O2. The third-order valence-electron chi connectivity index (χ3n) is 2.36. The largest absolute Gasteiger partial charge is 0.472 e. The molecule has 0 aliphatic rings. The molecule has 0 radical (unpaired) electrons. The number of rotatable bonds is 3. The molecule has 4 nitrogen and oxygen atoms in total. The Labute approximate surface area is 87.8 Å². The summed E-state index contributed by atoms with van der Waals surface area (Å²) in [6, 6.07) is 2.06. The molecule has 15 heavy (non-hydrogen) atoms. The van der Waals surface area contributed by atoms with Crippen molar-refractivity contribution in [2.45, 2.75) is 26.4 Å². The van der Waals surface area contributed by atoms with Crippen LogP contribution in [0.5, 0.6) is 0 Å². The van der Waals surface area contributed by atoms with Gasteiger partial charge in [-0.2, -0.15) is 0 Å². The van der Waals surface area contributed by atoms with Gasteiger partial charge in [0.15, 0.2) is 0 Å². The zero-order valence-electron chi connectivity index (χ0n) is 8.88. The Morgan fingerprint density at radius 1 is 1.40 bits per heavy atom. The summed E-state index contributed by atoms with van der Waals surface area (Å²) >= 11 is 0. The first kappa shape index (κ1) is 9.83. The van der Waals surface area contributed by atoms with E-state index in [1.165, 1.54) is 0 Å². The van der Waals surface area contributed by atoms with E-state index in [0.717, 1.165) is 5.56 Å². The third-order valence-corrected chi connectivity index (χ3v) is 2.36. The standard InChI is InChI=1S/C11H14N2O2/c1-9(2)13-5-4-12(11(13)14)7-10-3-6-15-8-10/h3-6,8-9H,7H2,1-2H3. The van der Waals surface area contributed by atoms with Gasteiger partial charge >= 0.3 is 5.69 Å². The molecule has 0 spiro atoms. The minimum absolute atomic E-state index is 0.0196. The van der Waals surface area contributed by atoms with Gasteiger partial charge in [-0.15, -0.1) is 0 Å². The van der Waals surface area contributed by atoms with Crippen molar-refractivity contribution < 1.29 is 4.42 Å². The molecule has 2 aromatic heterocycles. The van der Waals surface area contributed by atoms with E-state index in [1.54, 1.807) is 27.9 Å². The molecule has 0 aromatic carbocycles. The van der Waals surface area contributed by atoms with Crippen LogP contribution in [0.4, 0.5) is 0 Å². The second-order valence-electron chi connectivity index (χ2n) is 3.84. The number of hydrogen-bond donors (Lipinski definition) is 0. The number of aromatic nitrogens is 2. The maximum absolute atomic E-state index is 11.8. The van der Waals surface area contributed by atoms with E-state index in [0.29, 0.717) is 6.54 Å². The molecule has 0 fully saturated rings. The Morgan fingerprint density at radius 2 is 2.20 bits per heavy atom. The second kappa shape index (κ2) is 3.81. The lowest BCUT2D eigenvalue weighted by Gasteiger charge is -2.04. The lowest BCUT2D eigenvalue weighted by Crippen LogP contribution is -2.25. The minimum Gasteiger partial charge on any atom is -0.472 e. The maximum Gasteiger partial charge on any atom is 0.328 e. The highest BCUT2D eigenvalue weighted by atomic mass is 16.3. The number of imidazole rings is 1. The third kappa shape index (κ3) is 1.88. The average Bonchev–Trinajstić information content (AvgIpc) is 2.78. The van der Waals surface area contributed by atoms with Crippen LogP contribution in [-0.4, -0.2) is 9.13 Å². The van der Waals surface area contributed by atoms with Gasteiger partial charge in [0.25, 0.3) is 0 Å². The first-order chi connectivity index (χ1) is 7.18. The van der Waals surface area contributed by atoms with Crippen molar-refractivity contribution in [3.05, 3.63) is 47.0 Å². The molecule has 2 aromatic rings. The Kier molecular flexibility index (Phi) is 2.49. The highest BCUT2D eigenvalue weighted by Gasteiger charge is 2.06. The lowest BCUT2D eigenvalue weighted by atomic mass is 10.3. The quantitative estimate of drug-likeness (QED) is 0.769. The van der Waals surface area contributed by atoms with Crippen molar-refractivity contribution in [2.24, 2.45) is 0 Å². The lowest BCUT2D eigenvalue weighted by molar-refractivity contribution is 0.552. The van der Waals surface area contributed by atoms with Crippen LogP contribution in [0, 0.1) is 0 Å². The van der Waals surface area contributed by atoms with Crippen LogP contribution >= 0.6 is 0 Å². The summed E-state index contributed by atoms with van der Waals surface area (Å²) in [6.07, 6.45) is 6.88. The topological polar surface area (TPSA) is 40.1 Å². The first-order valence-corrected chi connectivity index (χ1v) is 4.97. The molecule has 0 N–H and O–H groups in total. The summed E-state index contributed by atoms with van der Waals surface area (Å²) in [4.78, 5) is 11.8. The van der Waals surface area contributed by atoms with Crippen molar-refractivity contribution >= 4 is 0 Å². The molecule has 0 amide bonds. The van der Waals surface area contributed by atoms with Crippen molar-refractivity contribution in [1.29, 1.82) is 0 Å².